The summed E-state index contributed by atoms with van der Waals surface area (Å²) in [6, 6.07) is 3.84. The molecule has 2 aromatic rings. The summed E-state index contributed by atoms with van der Waals surface area (Å²) in [7, 11) is 0. The van der Waals surface area contributed by atoms with Crippen LogP contribution >= 0.6 is 11.3 Å². The molecule has 0 bridgehead atoms. The lowest BCUT2D eigenvalue weighted by molar-refractivity contribution is 0.161. The third kappa shape index (κ3) is 3.07. The van der Waals surface area contributed by atoms with Crippen LogP contribution in [0.4, 0.5) is 5.69 Å². The number of anilines is 1. The van der Waals surface area contributed by atoms with Crippen molar-refractivity contribution in [3.63, 3.8) is 0 Å². The average molecular weight is 223 g/mol. The maximum Gasteiger partial charge on any atom is 0.0907 e. The Bertz CT molecular complexity index is 371. The van der Waals surface area contributed by atoms with Gasteiger partial charge in [0.2, 0.25) is 0 Å². The molecule has 0 saturated carbocycles. The van der Waals surface area contributed by atoms with Crippen LogP contribution in [-0.4, -0.2) is 27.5 Å². The largest absolute Gasteiger partial charge is 0.389 e. The standard InChI is InChI=1S/C10H13N3OS/c14-10(7-13-4-1-3-12-13)6-11-9-2-5-15-8-9/h1-5,8,10-11,14H,6-7H2. The average Bonchev–Trinajstić information content (AvgIpc) is 2.86. The molecule has 0 aliphatic carbocycles. The molecule has 0 fully saturated rings. The Morgan fingerprint density at radius 1 is 1.60 bits per heavy atom. The predicted octanol–water partition coefficient (Wildman–Crippen LogP) is 1.42. The van der Waals surface area contributed by atoms with Crippen molar-refractivity contribution in [2.24, 2.45) is 0 Å². The Hall–Kier alpha value is -1.33. The van der Waals surface area contributed by atoms with Crippen molar-refractivity contribution in [1.29, 1.82) is 0 Å². The Morgan fingerprint density at radius 3 is 3.20 bits per heavy atom. The van der Waals surface area contributed by atoms with E-state index in [2.05, 4.69) is 10.4 Å². The zero-order valence-electron chi connectivity index (χ0n) is 8.21. The first-order valence-electron chi connectivity index (χ1n) is 4.76. The SMILES string of the molecule is OC(CNc1ccsc1)Cn1cccn1. The van der Waals surface area contributed by atoms with Gasteiger partial charge in [-0.05, 0) is 17.5 Å². The van der Waals surface area contributed by atoms with Gasteiger partial charge >= 0.3 is 0 Å². The maximum atomic E-state index is 9.70. The number of hydrogen-bond acceptors (Lipinski definition) is 4. The lowest BCUT2D eigenvalue weighted by Crippen LogP contribution is -2.24. The fraction of sp³-hybridized carbons (Fsp3) is 0.300. The molecule has 0 saturated heterocycles. The van der Waals surface area contributed by atoms with Gasteiger partial charge in [0.05, 0.1) is 12.6 Å². The van der Waals surface area contributed by atoms with Gasteiger partial charge in [-0.2, -0.15) is 16.4 Å². The van der Waals surface area contributed by atoms with Crippen molar-refractivity contribution in [3.8, 4) is 0 Å². The van der Waals surface area contributed by atoms with E-state index in [9.17, 15) is 5.11 Å². The van der Waals surface area contributed by atoms with Crippen LogP contribution in [0, 0.1) is 0 Å². The van der Waals surface area contributed by atoms with E-state index in [1.807, 2.05) is 29.1 Å². The van der Waals surface area contributed by atoms with Crippen molar-refractivity contribution in [2.75, 3.05) is 11.9 Å². The van der Waals surface area contributed by atoms with E-state index in [0.29, 0.717) is 13.1 Å². The molecule has 4 nitrogen and oxygen atoms in total. The zero-order chi connectivity index (χ0) is 10.5. The molecule has 1 unspecified atom stereocenters. The summed E-state index contributed by atoms with van der Waals surface area (Å²) in [6.07, 6.45) is 3.12. The summed E-state index contributed by atoms with van der Waals surface area (Å²) >= 11 is 1.63. The van der Waals surface area contributed by atoms with Gasteiger partial charge < -0.3 is 10.4 Å². The van der Waals surface area contributed by atoms with Crippen molar-refractivity contribution < 1.29 is 5.11 Å². The highest BCUT2D eigenvalue weighted by Gasteiger charge is 2.04. The van der Waals surface area contributed by atoms with Crippen LogP contribution in [0.2, 0.25) is 0 Å². The van der Waals surface area contributed by atoms with Crippen molar-refractivity contribution in [1.82, 2.24) is 9.78 Å². The normalized spacial score (nSPS) is 12.6. The van der Waals surface area contributed by atoms with Gasteiger partial charge in [-0.25, -0.2) is 0 Å². The number of aliphatic hydroxyl groups is 1. The Labute approximate surface area is 92.2 Å². The van der Waals surface area contributed by atoms with Crippen LogP contribution in [0.3, 0.4) is 0 Å². The van der Waals surface area contributed by atoms with Gasteiger partial charge in [0.1, 0.15) is 0 Å². The van der Waals surface area contributed by atoms with Gasteiger partial charge in [-0.15, -0.1) is 0 Å². The van der Waals surface area contributed by atoms with Crippen LogP contribution in [0.1, 0.15) is 0 Å². The van der Waals surface area contributed by atoms with Gasteiger partial charge in [0.15, 0.2) is 0 Å². The van der Waals surface area contributed by atoms with E-state index >= 15 is 0 Å². The third-order valence-corrected chi connectivity index (χ3v) is 2.70. The van der Waals surface area contributed by atoms with E-state index in [4.69, 9.17) is 0 Å². The summed E-state index contributed by atoms with van der Waals surface area (Å²) in [6.45, 7) is 1.06. The fourth-order valence-corrected chi connectivity index (χ4v) is 1.90. The minimum Gasteiger partial charge on any atom is -0.389 e. The molecule has 0 radical (unpaired) electrons. The van der Waals surface area contributed by atoms with E-state index in [0.717, 1.165) is 5.69 Å². The molecule has 2 N–H and O–H groups in total. The summed E-state index contributed by atoms with van der Waals surface area (Å²) in [4.78, 5) is 0. The highest BCUT2D eigenvalue weighted by atomic mass is 32.1. The number of aromatic nitrogens is 2. The van der Waals surface area contributed by atoms with Gasteiger partial charge in [-0.1, -0.05) is 0 Å². The monoisotopic (exact) mass is 223 g/mol. The molecule has 2 aromatic heterocycles. The second kappa shape index (κ2) is 4.95. The Balaban J connectivity index is 1.76. The minimum absolute atomic E-state index is 0.426. The molecule has 0 amide bonds. The molecule has 1 atom stereocenters. The zero-order valence-corrected chi connectivity index (χ0v) is 9.02. The molecule has 15 heavy (non-hydrogen) atoms. The summed E-state index contributed by atoms with van der Waals surface area (Å²) in [5.74, 6) is 0. The lowest BCUT2D eigenvalue weighted by atomic mass is 10.3. The lowest BCUT2D eigenvalue weighted by Gasteiger charge is -2.11. The fourth-order valence-electron chi connectivity index (χ4n) is 1.29. The Morgan fingerprint density at radius 2 is 2.53 bits per heavy atom. The van der Waals surface area contributed by atoms with Crippen molar-refractivity contribution in [2.45, 2.75) is 12.6 Å². The summed E-state index contributed by atoms with van der Waals surface area (Å²) in [5, 5.41) is 20.9. The molecule has 0 aliphatic heterocycles. The van der Waals surface area contributed by atoms with E-state index in [1.165, 1.54) is 0 Å². The summed E-state index contributed by atoms with van der Waals surface area (Å²) < 4.78 is 1.72. The first kappa shape index (κ1) is 10.2. The van der Waals surface area contributed by atoms with Gasteiger partial charge in [0, 0.05) is 30.0 Å². The number of thiophene rings is 1. The Kier molecular flexibility index (Phi) is 3.37. The van der Waals surface area contributed by atoms with Crippen molar-refractivity contribution in [3.05, 3.63) is 35.3 Å². The second-order valence-electron chi connectivity index (χ2n) is 3.27. The maximum absolute atomic E-state index is 9.70. The molecule has 5 heteroatoms. The van der Waals surface area contributed by atoms with E-state index in [1.54, 1.807) is 22.2 Å². The first-order valence-corrected chi connectivity index (χ1v) is 5.70. The van der Waals surface area contributed by atoms with Crippen LogP contribution in [0.5, 0.6) is 0 Å². The van der Waals surface area contributed by atoms with Crippen LogP contribution < -0.4 is 5.32 Å². The van der Waals surface area contributed by atoms with Crippen molar-refractivity contribution >= 4 is 17.0 Å². The molecule has 0 aliphatic rings. The molecule has 80 valence electrons. The number of nitrogens with one attached hydrogen (secondary N) is 1. The van der Waals surface area contributed by atoms with E-state index in [-0.39, 0.29) is 0 Å². The summed E-state index contributed by atoms with van der Waals surface area (Å²) in [5.41, 5.74) is 1.06. The molecule has 2 heterocycles. The second-order valence-corrected chi connectivity index (χ2v) is 4.05. The molecule has 0 aromatic carbocycles. The smallest absolute Gasteiger partial charge is 0.0907 e. The topological polar surface area (TPSA) is 50.1 Å². The third-order valence-electron chi connectivity index (χ3n) is 2.02. The van der Waals surface area contributed by atoms with Gasteiger partial charge in [-0.3, -0.25) is 4.68 Å². The van der Waals surface area contributed by atoms with E-state index < -0.39 is 6.10 Å². The number of aliphatic hydroxyl groups excluding tert-OH is 1. The molecule has 2 rings (SSSR count). The predicted molar refractivity (Wildman–Crippen MR) is 61.0 cm³/mol. The molecule has 0 spiro atoms. The first-order chi connectivity index (χ1) is 7.34. The highest BCUT2D eigenvalue weighted by molar-refractivity contribution is 7.08. The number of hydrogen-bond donors (Lipinski definition) is 2. The van der Waals surface area contributed by atoms with Crippen LogP contribution in [0.25, 0.3) is 0 Å². The van der Waals surface area contributed by atoms with Crippen LogP contribution in [0.15, 0.2) is 35.3 Å². The van der Waals surface area contributed by atoms with Gasteiger partial charge in [0.25, 0.3) is 0 Å². The number of nitrogens with zero attached hydrogens (tertiary/aromatic N) is 2. The minimum atomic E-state index is -0.426. The number of rotatable bonds is 5. The quantitative estimate of drug-likeness (QED) is 0.806. The highest BCUT2D eigenvalue weighted by Crippen LogP contribution is 2.11. The molecular weight excluding hydrogens is 210 g/mol. The molecular formula is C10H13N3OS. The van der Waals surface area contributed by atoms with Crippen LogP contribution in [-0.2, 0) is 6.54 Å².